The summed E-state index contributed by atoms with van der Waals surface area (Å²) in [6.07, 6.45) is 1.36. The molecule has 0 heterocycles. The second-order valence-electron chi connectivity index (χ2n) is 9.21. The van der Waals surface area contributed by atoms with Crippen LogP contribution in [0.1, 0.15) is 42.2 Å². The number of amides is 2. The predicted octanol–water partition coefficient (Wildman–Crippen LogP) is 6.78. The van der Waals surface area contributed by atoms with Crippen molar-refractivity contribution in [1.29, 1.82) is 0 Å². The minimum Gasteiger partial charge on any atom is -0.493 e. The number of methoxy groups -OCH3 is 3. The number of rotatable bonds is 10. The third kappa shape index (κ3) is 7.82. The van der Waals surface area contributed by atoms with Crippen molar-refractivity contribution in [2.45, 2.75) is 6.92 Å². The largest absolute Gasteiger partial charge is 0.493 e. The van der Waals surface area contributed by atoms with Crippen molar-refractivity contribution in [3.63, 3.8) is 0 Å². The first-order valence-electron chi connectivity index (χ1n) is 13.0. The van der Waals surface area contributed by atoms with Crippen molar-refractivity contribution in [2.24, 2.45) is 5.10 Å². The first kappa shape index (κ1) is 32.2. The number of hydrogen-bond donors (Lipinski definition) is 2. The van der Waals surface area contributed by atoms with Crippen LogP contribution in [0.2, 0.25) is 0 Å². The number of carbonyl (C=O) groups excluding carboxylic acids is 3. The van der Waals surface area contributed by atoms with Gasteiger partial charge in [-0.25, -0.2) is 10.2 Å². The summed E-state index contributed by atoms with van der Waals surface area (Å²) in [4.78, 5) is 38.7. The molecular weight excluding hydrogens is 698 g/mol. The van der Waals surface area contributed by atoms with Gasteiger partial charge in [-0.3, -0.25) is 9.59 Å². The van der Waals surface area contributed by atoms with E-state index in [-0.39, 0.29) is 16.9 Å². The van der Waals surface area contributed by atoms with Gasteiger partial charge in [-0.05, 0) is 77.5 Å². The van der Waals surface area contributed by atoms with Gasteiger partial charge in [-0.2, -0.15) is 5.10 Å². The van der Waals surface area contributed by atoms with E-state index >= 15 is 0 Å². The maximum Gasteiger partial charge on any atom is 0.343 e. The van der Waals surface area contributed by atoms with Crippen LogP contribution in [0.25, 0.3) is 0 Å². The van der Waals surface area contributed by atoms with Crippen molar-refractivity contribution in [3.05, 3.63) is 110 Å². The van der Waals surface area contributed by atoms with E-state index in [0.29, 0.717) is 43.0 Å². The Balaban J connectivity index is 1.47. The monoisotopic (exact) mass is 723 g/mol. The summed E-state index contributed by atoms with van der Waals surface area (Å²) in [6.45, 7) is 1.92. The smallest absolute Gasteiger partial charge is 0.343 e. The second kappa shape index (κ2) is 14.7. The molecule has 2 N–H and O–H groups in total. The molecule has 0 aliphatic heterocycles. The zero-order valence-electron chi connectivity index (χ0n) is 24.1. The molecule has 226 valence electrons. The highest BCUT2D eigenvalue weighted by atomic mass is 79.9. The third-order valence-corrected chi connectivity index (χ3v) is 7.25. The molecule has 0 aliphatic rings. The van der Waals surface area contributed by atoms with Crippen LogP contribution in [0.5, 0.6) is 23.0 Å². The van der Waals surface area contributed by atoms with E-state index in [1.165, 1.54) is 45.7 Å². The maximum atomic E-state index is 13.0. The molecule has 0 aliphatic carbocycles. The quantitative estimate of drug-likeness (QED) is 0.0800. The molecule has 0 radical (unpaired) electrons. The van der Waals surface area contributed by atoms with Crippen molar-refractivity contribution in [2.75, 3.05) is 26.6 Å². The van der Waals surface area contributed by atoms with E-state index in [1.807, 2.05) is 19.1 Å². The second-order valence-corrected chi connectivity index (χ2v) is 11.0. The van der Waals surface area contributed by atoms with E-state index in [4.69, 9.17) is 18.9 Å². The predicted molar refractivity (Wildman–Crippen MR) is 174 cm³/mol. The Kier molecular flexibility index (Phi) is 10.7. The Morgan fingerprint density at radius 1 is 0.750 bits per heavy atom. The number of nitrogens with zero attached hydrogens (tertiary/aromatic N) is 1. The Bertz CT molecular complexity index is 1720. The van der Waals surface area contributed by atoms with Crippen molar-refractivity contribution in [1.82, 2.24) is 5.43 Å². The standard InChI is InChI=1S/C32H27Br2N3O7/c1-18-8-10-19(11-9-18)32(40)44-28-22(12-23(33)16-25(28)34)17-35-37-31(39)20-6-5-7-24(13-20)36-30(38)21-14-26(41-2)29(43-4)27(15-21)42-3/h5-17H,1-4H3,(H,36,38)(H,37,39). The minimum absolute atomic E-state index is 0.230. The number of aryl methyl sites for hydroxylation is 1. The molecule has 0 bridgehead atoms. The molecule has 0 spiro atoms. The van der Waals surface area contributed by atoms with Crippen molar-refractivity contribution in [3.8, 4) is 23.0 Å². The summed E-state index contributed by atoms with van der Waals surface area (Å²) in [5.74, 6) is -0.282. The molecule has 12 heteroatoms. The number of benzene rings is 4. The normalized spacial score (nSPS) is 10.7. The summed E-state index contributed by atoms with van der Waals surface area (Å²) in [7, 11) is 4.38. The molecule has 4 aromatic carbocycles. The van der Waals surface area contributed by atoms with Crippen LogP contribution < -0.4 is 29.7 Å². The van der Waals surface area contributed by atoms with Crippen LogP contribution in [0, 0.1) is 6.92 Å². The molecule has 0 saturated carbocycles. The molecular formula is C32H27Br2N3O7. The highest BCUT2D eigenvalue weighted by Crippen LogP contribution is 2.38. The van der Waals surface area contributed by atoms with Gasteiger partial charge in [-0.1, -0.05) is 39.7 Å². The van der Waals surface area contributed by atoms with Gasteiger partial charge in [0.1, 0.15) is 0 Å². The Hall–Kier alpha value is -4.68. The van der Waals surface area contributed by atoms with Gasteiger partial charge >= 0.3 is 5.97 Å². The van der Waals surface area contributed by atoms with Crippen LogP contribution in [-0.4, -0.2) is 45.3 Å². The molecule has 4 aromatic rings. The van der Waals surface area contributed by atoms with E-state index in [2.05, 4.69) is 47.7 Å². The van der Waals surface area contributed by atoms with Crippen LogP contribution in [0.3, 0.4) is 0 Å². The lowest BCUT2D eigenvalue weighted by atomic mass is 10.1. The molecule has 2 amide bonds. The molecule has 10 nitrogen and oxygen atoms in total. The number of hydrogen-bond acceptors (Lipinski definition) is 8. The van der Waals surface area contributed by atoms with E-state index in [9.17, 15) is 14.4 Å². The number of hydrazone groups is 1. The lowest BCUT2D eigenvalue weighted by Crippen LogP contribution is -2.18. The topological polar surface area (TPSA) is 125 Å². The van der Waals surface area contributed by atoms with Crippen LogP contribution in [0.4, 0.5) is 5.69 Å². The highest BCUT2D eigenvalue weighted by molar-refractivity contribution is 9.11. The van der Waals surface area contributed by atoms with Gasteiger partial charge in [0.15, 0.2) is 17.2 Å². The molecule has 0 unspecified atom stereocenters. The van der Waals surface area contributed by atoms with Crippen LogP contribution in [-0.2, 0) is 0 Å². The van der Waals surface area contributed by atoms with Crippen molar-refractivity contribution < 1.29 is 33.3 Å². The SMILES string of the molecule is COc1cc(C(=O)Nc2cccc(C(=O)NN=Cc3cc(Br)cc(Br)c3OC(=O)c3ccc(C)cc3)c2)cc(OC)c1OC. The zero-order valence-corrected chi connectivity index (χ0v) is 27.2. The Morgan fingerprint density at radius 2 is 1.43 bits per heavy atom. The van der Waals surface area contributed by atoms with Crippen LogP contribution >= 0.6 is 31.9 Å². The molecule has 0 fully saturated rings. The number of ether oxygens (including phenoxy) is 4. The van der Waals surface area contributed by atoms with E-state index in [0.717, 1.165) is 5.56 Å². The lowest BCUT2D eigenvalue weighted by Gasteiger charge is -2.14. The summed E-state index contributed by atoms with van der Waals surface area (Å²) in [5.41, 5.74) is 5.17. The molecule has 0 aromatic heterocycles. The third-order valence-electron chi connectivity index (χ3n) is 6.20. The highest BCUT2D eigenvalue weighted by Gasteiger charge is 2.18. The minimum atomic E-state index is -0.544. The van der Waals surface area contributed by atoms with E-state index < -0.39 is 17.8 Å². The van der Waals surface area contributed by atoms with Crippen LogP contribution in [0.15, 0.2) is 86.8 Å². The van der Waals surface area contributed by atoms with Crippen molar-refractivity contribution >= 4 is 61.5 Å². The average molecular weight is 725 g/mol. The fraction of sp³-hybridized carbons (Fsp3) is 0.125. The van der Waals surface area contributed by atoms with Gasteiger partial charge in [0.25, 0.3) is 11.8 Å². The first-order valence-corrected chi connectivity index (χ1v) is 14.5. The van der Waals surface area contributed by atoms with Gasteiger partial charge in [0.2, 0.25) is 5.75 Å². The first-order chi connectivity index (χ1) is 21.1. The van der Waals surface area contributed by atoms with Gasteiger partial charge < -0.3 is 24.3 Å². The molecule has 44 heavy (non-hydrogen) atoms. The van der Waals surface area contributed by atoms with Gasteiger partial charge in [0.05, 0.1) is 37.6 Å². The molecule has 4 rings (SSSR count). The maximum absolute atomic E-state index is 13.0. The van der Waals surface area contributed by atoms with Gasteiger partial charge in [0, 0.05) is 26.9 Å². The van der Waals surface area contributed by atoms with E-state index in [1.54, 1.807) is 42.5 Å². The number of nitrogens with one attached hydrogen (secondary N) is 2. The Morgan fingerprint density at radius 3 is 2.07 bits per heavy atom. The number of anilines is 1. The Labute approximate surface area is 270 Å². The number of halogens is 2. The average Bonchev–Trinajstić information content (AvgIpc) is 3.02. The fourth-order valence-electron chi connectivity index (χ4n) is 4.00. The number of esters is 1. The molecule has 0 saturated heterocycles. The van der Waals surface area contributed by atoms with Gasteiger partial charge in [-0.15, -0.1) is 0 Å². The lowest BCUT2D eigenvalue weighted by molar-refractivity contribution is 0.0732. The number of carbonyl (C=O) groups is 3. The summed E-state index contributed by atoms with van der Waals surface area (Å²) in [6, 6.07) is 19.8. The summed E-state index contributed by atoms with van der Waals surface area (Å²) >= 11 is 6.84. The fourth-order valence-corrected chi connectivity index (χ4v) is 5.34. The summed E-state index contributed by atoms with van der Waals surface area (Å²) < 4.78 is 22.8. The summed E-state index contributed by atoms with van der Waals surface area (Å²) in [5, 5.41) is 6.82. The molecule has 0 atom stereocenters. The zero-order chi connectivity index (χ0) is 31.8.